The molecule has 0 aliphatic carbocycles. The smallest absolute Gasteiger partial charge is 0.238 e. The zero-order valence-corrected chi connectivity index (χ0v) is 7.40. The lowest BCUT2D eigenvalue weighted by Gasteiger charge is -2.22. The molecule has 0 amide bonds. The van der Waals surface area contributed by atoms with E-state index in [2.05, 4.69) is 25.4 Å². The first-order valence-corrected chi connectivity index (χ1v) is 4.47. The fourth-order valence-corrected chi connectivity index (χ4v) is 1.35. The van der Waals surface area contributed by atoms with Crippen molar-refractivity contribution in [2.75, 3.05) is 13.1 Å². The molecule has 3 rings (SSSR count). The monoisotopic (exact) mass is 191 g/mol. The van der Waals surface area contributed by atoms with Gasteiger partial charge < -0.3 is 14.8 Å². The molecule has 0 unspecified atom stereocenters. The molecule has 2 N–H and O–H groups in total. The van der Waals surface area contributed by atoms with Crippen LogP contribution in [0.5, 0.6) is 0 Å². The molecule has 0 aromatic carbocycles. The lowest BCUT2D eigenvalue weighted by molar-refractivity contribution is 0.308. The number of imidazole rings is 1. The molecular weight excluding hydrogens is 182 g/mol. The minimum absolute atomic E-state index is 0.367. The summed E-state index contributed by atoms with van der Waals surface area (Å²) in [6.07, 6.45) is 3.40. The van der Waals surface area contributed by atoms with E-state index in [1.807, 2.05) is 0 Å². The van der Waals surface area contributed by atoms with E-state index < -0.39 is 0 Å². The first kappa shape index (κ1) is 7.69. The molecule has 0 radical (unpaired) electrons. The van der Waals surface area contributed by atoms with Crippen LogP contribution in [0, 0.1) is 0 Å². The van der Waals surface area contributed by atoms with E-state index in [-0.39, 0.29) is 0 Å². The van der Waals surface area contributed by atoms with Gasteiger partial charge in [-0.2, -0.15) is 4.98 Å². The third kappa shape index (κ3) is 1.12. The normalized spacial score (nSPS) is 16.9. The van der Waals surface area contributed by atoms with Gasteiger partial charge in [0.25, 0.3) is 0 Å². The number of hydrogen-bond donors (Lipinski definition) is 2. The van der Waals surface area contributed by atoms with Gasteiger partial charge in [-0.05, 0) is 0 Å². The summed E-state index contributed by atoms with van der Waals surface area (Å²) in [6.45, 7) is 1.83. The number of aromatic amines is 1. The maximum atomic E-state index is 5.13. The van der Waals surface area contributed by atoms with Crippen LogP contribution in [-0.2, 0) is 0 Å². The standard InChI is InChI=1S/C8H9N5O/c1-2-11-6(10-1)7-12-8(14-13-7)5-3-9-4-5/h1-2,5,9H,3-4H2,(H,10,11). The maximum Gasteiger partial charge on any atom is 0.238 e. The van der Waals surface area contributed by atoms with Crippen LogP contribution >= 0.6 is 0 Å². The third-order valence-corrected chi connectivity index (χ3v) is 2.28. The van der Waals surface area contributed by atoms with Gasteiger partial charge >= 0.3 is 0 Å². The van der Waals surface area contributed by atoms with Gasteiger partial charge in [-0.1, -0.05) is 5.16 Å². The van der Waals surface area contributed by atoms with Gasteiger partial charge in [-0.3, -0.25) is 0 Å². The molecule has 72 valence electrons. The van der Waals surface area contributed by atoms with E-state index in [1.165, 1.54) is 0 Å². The molecule has 1 aliphatic rings. The van der Waals surface area contributed by atoms with E-state index in [1.54, 1.807) is 12.4 Å². The van der Waals surface area contributed by atoms with Crippen molar-refractivity contribution in [1.82, 2.24) is 25.4 Å². The largest absolute Gasteiger partial charge is 0.342 e. The second-order valence-corrected chi connectivity index (χ2v) is 3.25. The molecule has 0 atom stereocenters. The van der Waals surface area contributed by atoms with Gasteiger partial charge in [0.1, 0.15) is 0 Å². The molecule has 1 saturated heterocycles. The summed E-state index contributed by atoms with van der Waals surface area (Å²) in [5.41, 5.74) is 0. The molecule has 0 bridgehead atoms. The predicted molar refractivity (Wildman–Crippen MR) is 47.5 cm³/mol. The zero-order valence-electron chi connectivity index (χ0n) is 7.40. The highest BCUT2D eigenvalue weighted by molar-refractivity contribution is 5.40. The average Bonchev–Trinajstić information content (AvgIpc) is 2.65. The molecular formula is C8H9N5O. The Bertz CT molecular complexity index is 417. The number of aromatic nitrogens is 4. The van der Waals surface area contributed by atoms with Crippen molar-refractivity contribution in [2.24, 2.45) is 0 Å². The minimum Gasteiger partial charge on any atom is -0.342 e. The van der Waals surface area contributed by atoms with Crippen LogP contribution in [0.25, 0.3) is 11.6 Å². The fourth-order valence-electron chi connectivity index (χ4n) is 1.35. The average molecular weight is 191 g/mol. The molecule has 0 saturated carbocycles. The summed E-state index contributed by atoms with van der Waals surface area (Å²) in [5, 5.41) is 7.01. The maximum absolute atomic E-state index is 5.13. The molecule has 14 heavy (non-hydrogen) atoms. The second kappa shape index (κ2) is 2.91. The van der Waals surface area contributed by atoms with Crippen LogP contribution < -0.4 is 5.32 Å². The van der Waals surface area contributed by atoms with Crippen LogP contribution in [0.15, 0.2) is 16.9 Å². The number of H-pyrrole nitrogens is 1. The number of hydrogen-bond acceptors (Lipinski definition) is 5. The molecule has 2 aromatic rings. The Morgan fingerprint density at radius 3 is 3.00 bits per heavy atom. The Kier molecular flexibility index (Phi) is 1.60. The predicted octanol–water partition coefficient (Wildman–Crippen LogP) is 0.146. The van der Waals surface area contributed by atoms with Crippen molar-refractivity contribution in [1.29, 1.82) is 0 Å². The topological polar surface area (TPSA) is 79.6 Å². The van der Waals surface area contributed by atoms with Crippen LogP contribution in [0.2, 0.25) is 0 Å². The first-order chi connectivity index (χ1) is 6.93. The summed E-state index contributed by atoms with van der Waals surface area (Å²) in [6, 6.07) is 0. The van der Waals surface area contributed by atoms with Gasteiger partial charge in [-0.15, -0.1) is 0 Å². The van der Waals surface area contributed by atoms with Gasteiger partial charge in [-0.25, -0.2) is 4.98 Å². The number of nitrogens with one attached hydrogen (secondary N) is 2. The van der Waals surface area contributed by atoms with Crippen LogP contribution in [0.4, 0.5) is 0 Å². The van der Waals surface area contributed by atoms with E-state index in [0.717, 1.165) is 13.1 Å². The molecule has 1 fully saturated rings. The Morgan fingerprint density at radius 1 is 1.43 bits per heavy atom. The van der Waals surface area contributed by atoms with E-state index in [4.69, 9.17) is 4.52 Å². The van der Waals surface area contributed by atoms with Crippen molar-refractivity contribution in [2.45, 2.75) is 5.92 Å². The summed E-state index contributed by atoms with van der Waals surface area (Å²) in [5.74, 6) is 2.23. The first-order valence-electron chi connectivity index (χ1n) is 4.47. The number of nitrogens with zero attached hydrogens (tertiary/aromatic N) is 3. The SMILES string of the molecule is c1c[nH]c(-c2noc(C3CNC3)n2)n1. The third-order valence-electron chi connectivity index (χ3n) is 2.28. The highest BCUT2D eigenvalue weighted by Gasteiger charge is 2.25. The van der Waals surface area contributed by atoms with E-state index >= 15 is 0 Å². The Balaban J connectivity index is 1.90. The molecule has 2 aromatic heterocycles. The molecule has 1 aliphatic heterocycles. The molecule has 3 heterocycles. The summed E-state index contributed by atoms with van der Waals surface area (Å²) in [4.78, 5) is 11.2. The highest BCUT2D eigenvalue weighted by Crippen LogP contribution is 2.19. The van der Waals surface area contributed by atoms with Crippen molar-refractivity contribution >= 4 is 0 Å². The van der Waals surface area contributed by atoms with Crippen LogP contribution in [0.3, 0.4) is 0 Å². The van der Waals surface area contributed by atoms with Crippen molar-refractivity contribution in [3.63, 3.8) is 0 Å². The lowest BCUT2D eigenvalue weighted by atomic mass is 10.0. The van der Waals surface area contributed by atoms with Crippen molar-refractivity contribution in [3.8, 4) is 11.6 Å². The van der Waals surface area contributed by atoms with E-state index in [0.29, 0.717) is 23.5 Å². The number of rotatable bonds is 2. The molecule has 6 heteroatoms. The fraction of sp³-hybridized carbons (Fsp3) is 0.375. The van der Waals surface area contributed by atoms with Gasteiger partial charge in [0.15, 0.2) is 5.82 Å². The van der Waals surface area contributed by atoms with Crippen LogP contribution in [0.1, 0.15) is 11.8 Å². The molecule has 6 nitrogen and oxygen atoms in total. The zero-order chi connectivity index (χ0) is 9.38. The quantitative estimate of drug-likeness (QED) is 0.706. The Labute approximate surface area is 79.7 Å². The van der Waals surface area contributed by atoms with Gasteiger partial charge in [0.2, 0.25) is 11.7 Å². The van der Waals surface area contributed by atoms with Crippen LogP contribution in [-0.4, -0.2) is 33.2 Å². The summed E-state index contributed by atoms with van der Waals surface area (Å²) < 4.78 is 5.13. The lowest BCUT2D eigenvalue weighted by Crippen LogP contribution is -2.40. The summed E-state index contributed by atoms with van der Waals surface area (Å²) in [7, 11) is 0. The van der Waals surface area contributed by atoms with Gasteiger partial charge in [0, 0.05) is 25.5 Å². The minimum atomic E-state index is 0.367. The Hall–Kier alpha value is -1.69. The Morgan fingerprint density at radius 2 is 2.36 bits per heavy atom. The van der Waals surface area contributed by atoms with Gasteiger partial charge in [0.05, 0.1) is 5.92 Å². The van der Waals surface area contributed by atoms with Crippen molar-refractivity contribution < 1.29 is 4.52 Å². The van der Waals surface area contributed by atoms with Crippen molar-refractivity contribution in [3.05, 3.63) is 18.3 Å². The molecule has 0 spiro atoms. The highest BCUT2D eigenvalue weighted by atomic mass is 16.5. The summed E-state index contributed by atoms with van der Waals surface area (Å²) >= 11 is 0. The van der Waals surface area contributed by atoms with E-state index in [9.17, 15) is 0 Å². The second-order valence-electron chi connectivity index (χ2n) is 3.25.